The van der Waals surface area contributed by atoms with Crippen LogP contribution in [0.5, 0.6) is 0 Å². The SMILES string of the molecule is O=C(Cn1nc2ccc(C3CC3)nn2c1=O)NCc1ccc(Cl)c(F)c1. The molecule has 1 N–H and O–H groups in total. The Kier molecular flexibility index (Phi) is 4.20. The number of hydrogen-bond acceptors (Lipinski definition) is 4. The summed E-state index contributed by atoms with van der Waals surface area (Å²) >= 11 is 5.62. The minimum absolute atomic E-state index is 0.0226. The van der Waals surface area contributed by atoms with Crippen LogP contribution in [0.15, 0.2) is 35.1 Å². The highest BCUT2D eigenvalue weighted by atomic mass is 35.5. The zero-order valence-corrected chi connectivity index (χ0v) is 14.4. The molecule has 7 nitrogen and oxygen atoms in total. The van der Waals surface area contributed by atoms with Gasteiger partial charge in [0, 0.05) is 12.5 Å². The van der Waals surface area contributed by atoms with Crippen LogP contribution in [-0.4, -0.2) is 25.3 Å². The number of hydrogen-bond donors (Lipinski definition) is 1. The zero-order valence-electron chi connectivity index (χ0n) is 13.7. The number of carbonyl (C=O) groups excluding carboxylic acids is 1. The smallest absolute Gasteiger partial charge is 0.350 e. The van der Waals surface area contributed by atoms with Gasteiger partial charge in [-0.15, -0.1) is 5.10 Å². The molecule has 2 heterocycles. The maximum Gasteiger partial charge on any atom is 0.367 e. The molecule has 1 saturated carbocycles. The number of carbonyl (C=O) groups is 1. The van der Waals surface area contributed by atoms with Crippen LogP contribution in [0.2, 0.25) is 5.02 Å². The van der Waals surface area contributed by atoms with Gasteiger partial charge in [0.25, 0.3) is 0 Å². The lowest BCUT2D eigenvalue weighted by Gasteiger charge is -2.05. The highest BCUT2D eigenvalue weighted by molar-refractivity contribution is 6.30. The first-order valence-corrected chi connectivity index (χ1v) is 8.56. The summed E-state index contributed by atoms with van der Waals surface area (Å²) < 4.78 is 15.7. The average Bonchev–Trinajstić information content (AvgIpc) is 3.43. The highest BCUT2D eigenvalue weighted by Crippen LogP contribution is 2.38. The normalized spacial score (nSPS) is 13.9. The lowest BCUT2D eigenvalue weighted by Crippen LogP contribution is -2.32. The van der Waals surface area contributed by atoms with Crippen LogP contribution in [0.4, 0.5) is 4.39 Å². The zero-order chi connectivity index (χ0) is 18.3. The van der Waals surface area contributed by atoms with E-state index in [-0.39, 0.29) is 18.1 Å². The van der Waals surface area contributed by atoms with Crippen LogP contribution in [0.1, 0.15) is 30.0 Å². The van der Waals surface area contributed by atoms with Gasteiger partial charge < -0.3 is 5.32 Å². The number of fused-ring (bicyclic) bond motifs is 1. The largest absolute Gasteiger partial charge is 0.367 e. The third-order valence-corrected chi connectivity index (χ3v) is 4.53. The first kappa shape index (κ1) is 16.7. The molecular weight excluding hydrogens is 361 g/mol. The van der Waals surface area contributed by atoms with Gasteiger partial charge in [0.1, 0.15) is 12.4 Å². The Morgan fingerprint density at radius 1 is 1.27 bits per heavy atom. The second kappa shape index (κ2) is 6.53. The summed E-state index contributed by atoms with van der Waals surface area (Å²) in [7, 11) is 0. The Bertz CT molecular complexity index is 1060. The maximum absolute atomic E-state index is 13.4. The third kappa shape index (κ3) is 3.32. The Balaban J connectivity index is 1.46. The van der Waals surface area contributed by atoms with Gasteiger partial charge in [-0.2, -0.15) is 9.61 Å². The molecule has 1 aliphatic rings. The second-order valence-electron chi connectivity index (χ2n) is 6.27. The van der Waals surface area contributed by atoms with Gasteiger partial charge in [-0.3, -0.25) is 4.79 Å². The van der Waals surface area contributed by atoms with Crippen molar-refractivity contribution < 1.29 is 9.18 Å². The van der Waals surface area contributed by atoms with E-state index in [1.54, 1.807) is 12.1 Å². The second-order valence-corrected chi connectivity index (χ2v) is 6.68. The molecule has 0 saturated heterocycles. The maximum atomic E-state index is 13.4. The molecule has 0 radical (unpaired) electrons. The fourth-order valence-corrected chi connectivity index (χ4v) is 2.78. The molecular formula is C17H15ClFN5O2. The van der Waals surface area contributed by atoms with E-state index in [0.717, 1.165) is 23.2 Å². The lowest BCUT2D eigenvalue weighted by molar-refractivity contribution is -0.122. The van der Waals surface area contributed by atoms with Crippen LogP contribution in [0.25, 0.3) is 5.65 Å². The number of aromatic nitrogens is 4. The number of nitrogens with one attached hydrogen (secondary N) is 1. The minimum atomic E-state index is -0.549. The molecule has 1 amide bonds. The highest BCUT2D eigenvalue weighted by Gasteiger charge is 2.26. The van der Waals surface area contributed by atoms with Gasteiger partial charge in [0.2, 0.25) is 5.91 Å². The summed E-state index contributed by atoms with van der Waals surface area (Å²) in [5.74, 6) is -0.543. The summed E-state index contributed by atoms with van der Waals surface area (Å²) in [6.07, 6.45) is 2.16. The van der Waals surface area contributed by atoms with Crippen LogP contribution in [-0.2, 0) is 17.9 Å². The van der Waals surface area contributed by atoms with Gasteiger partial charge in [-0.25, -0.2) is 13.9 Å². The summed E-state index contributed by atoms with van der Waals surface area (Å²) in [6.45, 7) is -0.115. The number of rotatable bonds is 5. The Morgan fingerprint density at radius 2 is 2.08 bits per heavy atom. The Hall–Kier alpha value is -2.74. The van der Waals surface area contributed by atoms with E-state index >= 15 is 0 Å². The molecule has 0 atom stereocenters. The average molecular weight is 376 g/mol. The van der Waals surface area contributed by atoms with Crippen molar-refractivity contribution in [1.29, 1.82) is 0 Å². The van der Waals surface area contributed by atoms with Gasteiger partial charge in [-0.1, -0.05) is 17.7 Å². The summed E-state index contributed by atoms with van der Waals surface area (Å²) in [5.41, 5.74) is 1.37. The molecule has 1 aliphatic carbocycles. The molecule has 1 aromatic carbocycles. The molecule has 26 heavy (non-hydrogen) atoms. The summed E-state index contributed by atoms with van der Waals surface area (Å²) in [6, 6.07) is 7.88. The Labute approximate surface area is 152 Å². The van der Waals surface area contributed by atoms with Crippen molar-refractivity contribution in [3.63, 3.8) is 0 Å². The van der Waals surface area contributed by atoms with E-state index in [9.17, 15) is 14.0 Å². The van der Waals surface area contributed by atoms with Crippen molar-refractivity contribution >= 4 is 23.2 Å². The van der Waals surface area contributed by atoms with Crippen molar-refractivity contribution in [3.05, 3.63) is 62.9 Å². The summed E-state index contributed by atoms with van der Waals surface area (Å²) in [4.78, 5) is 24.5. The fraction of sp³-hybridized carbons (Fsp3) is 0.294. The topological polar surface area (TPSA) is 81.3 Å². The molecule has 0 aliphatic heterocycles. The molecule has 9 heteroatoms. The van der Waals surface area contributed by atoms with Crippen molar-refractivity contribution in [2.24, 2.45) is 0 Å². The van der Waals surface area contributed by atoms with Crippen LogP contribution < -0.4 is 11.0 Å². The number of halogens is 2. The molecule has 134 valence electrons. The van der Waals surface area contributed by atoms with Crippen molar-refractivity contribution in [2.75, 3.05) is 0 Å². The predicted octanol–water partition coefficient (Wildman–Crippen LogP) is 1.88. The van der Waals surface area contributed by atoms with Gasteiger partial charge >= 0.3 is 5.69 Å². The Morgan fingerprint density at radius 3 is 2.81 bits per heavy atom. The molecule has 1 fully saturated rings. The predicted molar refractivity (Wildman–Crippen MR) is 92.5 cm³/mol. The molecule has 0 unspecified atom stereocenters. The van der Waals surface area contributed by atoms with E-state index in [1.165, 1.54) is 16.6 Å². The summed E-state index contributed by atoms with van der Waals surface area (Å²) in [5, 5.41) is 11.1. The quantitative estimate of drug-likeness (QED) is 0.738. The van der Waals surface area contributed by atoms with Gasteiger partial charge in [-0.05, 0) is 42.7 Å². The number of benzene rings is 1. The van der Waals surface area contributed by atoms with E-state index in [0.29, 0.717) is 17.1 Å². The molecule has 0 bridgehead atoms. The molecule has 4 rings (SSSR count). The van der Waals surface area contributed by atoms with E-state index < -0.39 is 17.4 Å². The van der Waals surface area contributed by atoms with E-state index in [4.69, 9.17) is 11.6 Å². The molecule has 2 aromatic heterocycles. The minimum Gasteiger partial charge on any atom is -0.350 e. The first-order chi connectivity index (χ1) is 12.5. The van der Waals surface area contributed by atoms with Crippen molar-refractivity contribution in [1.82, 2.24) is 24.7 Å². The van der Waals surface area contributed by atoms with E-state index in [1.807, 2.05) is 6.07 Å². The van der Waals surface area contributed by atoms with Crippen LogP contribution in [0, 0.1) is 5.82 Å². The van der Waals surface area contributed by atoms with Gasteiger partial charge in [0.05, 0.1) is 10.7 Å². The monoisotopic (exact) mass is 375 g/mol. The van der Waals surface area contributed by atoms with Crippen molar-refractivity contribution in [3.8, 4) is 0 Å². The van der Waals surface area contributed by atoms with Gasteiger partial charge in [0.15, 0.2) is 5.65 Å². The number of amides is 1. The standard InChI is InChI=1S/C17H15ClFN5O2/c18-12-4-1-10(7-13(12)19)8-20-16(25)9-23-17(26)24-15(22-23)6-5-14(21-24)11-2-3-11/h1,4-7,11H,2-3,8-9H2,(H,20,25). The lowest BCUT2D eigenvalue weighted by atomic mass is 10.2. The van der Waals surface area contributed by atoms with Crippen LogP contribution in [0.3, 0.4) is 0 Å². The number of nitrogens with zero attached hydrogens (tertiary/aromatic N) is 4. The fourth-order valence-electron chi connectivity index (χ4n) is 2.66. The first-order valence-electron chi connectivity index (χ1n) is 8.19. The van der Waals surface area contributed by atoms with E-state index in [2.05, 4.69) is 15.5 Å². The molecule has 0 spiro atoms. The van der Waals surface area contributed by atoms with Crippen molar-refractivity contribution in [2.45, 2.75) is 31.8 Å². The third-order valence-electron chi connectivity index (χ3n) is 4.22. The van der Waals surface area contributed by atoms with Crippen LogP contribution >= 0.6 is 11.6 Å². The molecule has 3 aromatic rings.